The molecule has 0 aromatic rings. The summed E-state index contributed by atoms with van der Waals surface area (Å²) < 4.78 is 0. The summed E-state index contributed by atoms with van der Waals surface area (Å²) in [4.78, 5) is 17.3. The quantitative estimate of drug-likeness (QED) is 0.800. The highest BCUT2D eigenvalue weighted by molar-refractivity contribution is 5.83. The van der Waals surface area contributed by atoms with Crippen molar-refractivity contribution in [3.63, 3.8) is 0 Å². The minimum atomic E-state index is 0.334. The van der Waals surface area contributed by atoms with Crippen LogP contribution in [0.2, 0.25) is 0 Å². The molecule has 3 heterocycles. The highest BCUT2D eigenvalue weighted by atomic mass is 16.2. The predicted octanol–water partition coefficient (Wildman–Crippen LogP) is 1.93. The van der Waals surface area contributed by atoms with E-state index in [4.69, 9.17) is 0 Å². The molecule has 0 N–H and O–H groups in total. The fourth-order valence-corrected chi connectivity index (χ4v) is 4.23. The van der Waals surface area contributed by atoms with Crippen molar-refractivity contribution in [2.24, 2.45) is 5.10 Å². The molecule has 0 aromatic carbocycles. The lowest BCUT2D eigenvalue weighted by Crippen LogP contribution is -2.47. The summed E-state index contributed by atoms with van der Waals surface area (Å²) in [6.45, 7) is 5.96. The van der Waals surface area contributed by atoms with Crippen LogP contribution >= 0.6 is 0 Å². The van der Waals surface area contributed by atoms with Crippen LogP contribution in [-0.4, -0.2) is 71.7 Å². The van der Waals surface area contributed by atoms with Gasteiger partial charge in [0.15, 0.2) is 0 Å². The van der Waals surface area contributed by atoms with Gasteiger partial charge in [0.05, 0.1) is 0 Å². The van der Waals surface area contributed by atoms with E-state index in [1.54, 1.807) is 0 Å². The van der Waals surface area contributed by atoms with Gasteiger partial charge in [0.25, 0.3) is 0 Å². The van der Waals surface area contributed by atoms with Crippen molar-refractivity contribution in [3.8, 4) is 0 Å². The van der Waals surface area contributed by atoms with Crippen LogP contribution in [0.1, 0.15) is 51.9 Å². The van der Waals surface area contributed by atoms with E-state index in [-0.39, 0.29) is 0 Å². The molecule has 5 nitrogen and oxygen atoms in total. The fourth-order valence-electron chi connectivity index (χ4n) is 4.23. The van der Waals surface area contributed by atoms with Crippen LogP contribution in [0.15, 0.2) is 5.10 Å². The monoisotopic (exact) mass is 306 g/mol. The van der Waals surface area contributed by atoms with Crippen molar-refractivity contribution in [2.75, 3.05) is 33.2 Å². The van der Waals surface area contributed by atoms with Crippen molar-refractivity contribution >= 4 is 11.6 Å². The van der Waals surface area contributed by atoms with Crippen molar-refractivity contribution < 1.29 is 4.79 Å². The highest BCUT2D eigenvalue weighted by Gasteiger charge is 2.38. The number of amides is 1. The van der Waals surface area contributed by atoms with Gasteiger partial charge in [0, 0.05) is 50.3 Å². The number of hydrogen-bond donors (Lipinski definition) is 0. The summed E-state index contributed by atoms with van der Waals surface area (Å²) in [6.07, 6.45) is 7.87. The lowest BCUT2D eigenvalue weighted by atomic mass is 9.97. The maximum absolute atomic E-state index is 12.7. The van der Waals surface area contributed by atoms with E-state index in [1.807, 2.05) is 0 Å². The van der Waals surface area contributed by atoms with Gasteiger partial charge >= 0.3 is 0 Å². The number of fused-ring (bicyclic) bond motifs is 1. The molecule has 3 rings (SSSR count). The zero-order chi connectivity index (χ0) is 15.5. The third kappa shape index (κ3) is 3.45. The van der Waals surface area contributed by atoms with Crippen molar-refractivity contribution in [1.82, 2.24) is 14.8 Å². The maximum atomic E-state index is 12.7. The first-order valence-corrected chi connectivity index (χ1v) is 8.94. The summed E-state index contributed by atoms with van der Waals surface area (Å²) >= 11 is 0. The van der Waals surface area contributed by atoms with Crippen LogP contribution in [0.25, 0.3) is 0 Å². The van der Waals surface area contributed by atoms with Gasteiger partial charge in [-0.15, -0.1) is 0 Å². The molecule has 2 saturated heterocycles. The third-order valence-electron chi connectivity index (χ3n) is 5.54. The Bertz CT molecular complexity index is 436. The van der Waals surface area contributed by atoms with Gasteiger partial charge in [-0.25, -0.2) is 0 Å². The zero-order valence-electron chi connectivity index (χ0n) is 14.1. The van der Waals surface area contributed by atoms with Gasteiger partial charge in [-0.2, -0.15) is 5.10 Å². The smallest absolute Gasteiger partial charge is 0.224 e. The molecule has 3 aliphatic heterocycles. The molecule has 0 spiro atoms. The third-order valence-corrected chi connectivity index (χ3v) is 5.54. The summed E-state index contributed by atoms with van der Waals surface area (Å²) in [5, 5.41) is 6.54. The average molecular weight is 306 g/mol. The number of hydrogen-bond acceptors (Lipinski definition) is 4. The molecule has 1 amide bonds. The Balaban J connectivity index is 1.55. The summed E-state index contributed by atoms with van der Waals surface area (Å²) in [5.41, 5.74) is 1.19. The van der Waals surface area contributed by atoms with E-state index in [9.17, 15) is 4.79 Å². The van der Waals surface area contributed by atoms with Gasteiger partial charge < -0.3 is 9.80 Å². The molecule has 0 aromatic heterocycles. The SMILES string of the molecule is CC1=NN(CCC(=O)N2CC[C@H]3[C@H]2CCCCCN3C)CC1. The van der Waals surface area contributed by atoms with E-state index >= 15 is 0 Å². The van der Waals surface area contributed by atoms with Gasteiger partial charge in [-0.3, -0.25) is 9.80 Å². The van der Waals surface area contributed by atoms with Crippen molar-refractivity contribution in [2.45, 2.75) is 64.0 Å². The number of likely N-dealkylation sites (tertiary alicyclic amines) is 2. The van der Waals surface area contributed by atoms with E-state index in [2.05, 4.69) is 33.9 Å². The predicted molar refractivity (Wildman–Crippen MR) is 88.9 cm³/mol. The first kappa shape index (κ1) is 15.8. The molecule has 124 valence electrons. The van der Waals surface area contributed by atoms with Crippen LogP contribution < -0.4 is 0 Å². The first-order chi connectivity index (χ1) is 10.6. The number of likely N-dealkylation sites (N-methyl/N-ethyl adjacent to an activating group) is 1. The standard InChI is InChI=1S/C17H30N4O/c1-14-7-11-20(18-14)12-9-17(22)21-13-8-15-16(21)6-4-3-5-10-19(15)2/h15-16H,3-13H2,1-2H3/t15-,16+/m0/s1. The van der Waals surface area contributed by atoms with Crippen LogP contribution in [0.4, 0.5) is 0 Å². The second kappa shape index (κ2) is 6.99. The molecule has 0 saturated carbocycles. The average Bonchev–Trinajstić information content (AvgIpc) is 3.08. The van der Waals surface area contributed by atoms with Crippen LogP contribution in [-0.2, 0) is 4.79 Å². The van der Waals surface area contributed by atoms with Crippen LogP contribution in [0.3, 0.4) is 0 Å². The number of nitrogens with zero attached hydrogens (tertiary/aromatic N) is 4. The molecular weight excluding hydrogens is 276 g/mol. The normalized spacial score (nSPS) is 30.0. The molecule has 0 unspecified atom stereocenters. The van der Waals surface area contributed by atoms with Crippen LogP contribution in [0, 0.1) is 0 Å². The van der Waals surface area contributed by atoms with E-state index in [0.29, 0.717) is 24.4 Å². The van der Waals surface area contributed by atoms with Crippen molar-refractivity contribution in [3.05, 3.63) is 0 Å². The van der Waals surface area contributed by atoms with E-state index in [0.717, 1.165) is 32.5 Å². The van der Waals surface area contributed by atoms with E-state index in [1.165, 1.54) is 37.9 Å². The second-order valence-electron chi connectivity index (χ2n) is 7.13. The van der Waals surface area contributed by atoms with Crippen molar-refractivity contribution in [1.29, 1.82) is 0 Å². The Labute approximate surface area is 134 Å². The fraction of sp³-hybridized carbons (Fsp3) is 0.882. The molecule has 2 fully saturated rings. The minimum Gasteiger partial charge on any atom is -0.338 e. The molecule has 2 atom stereocenters. The Morgan fingerprint density at radius 1 is 1.14 bits per heavy atom. The Morgan fingerprint density at radius 3 is 2.77 bits per heavy atom. The molecule has 22 heavy (non-hydrogen) atoms. The van der Waals surface area contributed by atoms with E-state index < -0.39 is 0 Å². The highest BCUT2D eigenvalue weighted by Crippen LogP contribution is 2.29. The lowest BCUT2D eigenvalue weighted by Gasteiger charge is -2.35. The number of hydrazone groups is 1. The largest absolute Gasteiger partial charge is 0.338 e. The Kier molecular flexibility index (Phi) is 5.01. The Morgan fingerprint density at radius 2 is 2.00 bits per heavy atom. The molecular formula is C17H30N4O. The summed E-state index contributed by atoms with van der Waals surface area (Å²) in [6, 6.07) is 1.03. The molecule has 3 aliphatic rings. The summed E-state index contributed by atoms with van der Waals surface area (Å²) in [7, 11) is 2.23. The topological polar surface area (TPSA) is 39.2 Å². The lowest BCUT2D eigenvalue weighted by molar-refractivity contribution is -0.133. The van der Waals surface area contributed by atoms with Gasteiger partial charge in [-0.1, -0.05) is 12.8 Å². The number of rotatable bonds is 3. The van der Waals surface area contributed by atoms with Gasteiger partial charge in [0.2, 0.25) is 5.91 Å². The molecule has 0 radical (unpaired) electrons. The Hall–Kier alpha value is -1.10. The molecule has 0 bridgehead atoms. The molecule has 5 heteroatoms. The first-order valence-electron chi connectivity index (χ1n) is 8.94. The summed E-state index contributed by atoms with van der Waals surface area (Å²) in [5.74, 6) is 0.334. The van der Waals surface area contributed by atoms with Gasteiger partial charge in [-0.05, 0) is 39.8 Å². The second-order valence-corrected chi connectivity index (χ2v) is 7.13. The number of carbonyl (C=O) groups is 1. The maximum Gasteiger partial charge on any atom is 0.224 e. The van der Waals surface area contributed by atoms with Crippen LogP contribution in [0.5, 0.6) is 0 Å². The minimum absolute atomic E-state index is 0.334. The molecule has 0 aliphatic carbocycles. The zero-order valence-corrected chi connectivity index (χ0v) is 14.1. The van der Waals surface area contributed by atoms with Gasteiger partial charge in [0.1, 0.15) is 0 Å². The number of carbonyl (C=O) groups excluding carboxylic acids is 1.